The van der Waals surface area contributed by atoms with Gasteiger partial charge in [0, 0.05) is 11.0 Å². The van der Waals surface area contributed by atoms with Crippen LogP contribution in [0, 0.1) is 12.8 Å². The second-order valence-corrected chi connectivity index (χ2v) is 9.85. The number of hydrogen-bond acceptors (Lipinski definition) is 3. The maximum Gasteiger partial charge on any atom is 0.181 e. The summed E-state index contributed by atoms with van der Waals surface area (Å²) in [7, 11) is 0. The lowest BCUT2D eigenvalue weighted by Gasteiger charge is -2.53. The molecular weight excluding hydrogens is 382 g/mol. The number of hydrogen-bond donors (Lipinski definition) is 2. The molecule has 2 aromatic carbocycles. The monoisotopic (exact) mass is 415 g/mol. The summed E-state index contributed by atoms with van der Waals surface area (Å²) in [6, 6.07) is 17.8. The molecule has 3 aromatic rings. The second kappa shape index (κ2) is 7.90. The highest BCUT2D eigenvalue weighted by Crippen LogP contribution is 2.55. The van der Waals surface area contributed by atoms with Crippen molar-refractivity contribution in [2.45, 2.75) is 76.2 Å². The van der Waals surface area contributed by atoms with Crippen molar-refractivity contribution in [3.8, 4) is 11.4 Å². The Balaban J connectivity index is 1.56. The fourth-order valence-electron chi connectivity index (χ4n) is 6.36. The number of aromatic amines is 1. The largest absolute Gasteiger partial charge is 0.390 e. The Kier molecular flexibility index (Phi) is 5.21. The van der Waals surface area contributed by atoms with E-state index in [2.05, 4.69) is 70.6 Å². The molecule has 0 amide bonds. The molecular formula is C27H33N3O. The molecule has 5 rings (SSSR count). The van der Waals surface area contributed by atoms with Crippen LogP contribution in [0.4, 0.5) is 0 Å². The van der Waals surface area contributed by atoms with Gasteiger partial charge in [-0.2, -0.15) is 5.10 Å². The summed E-state index contributed by atoms with van der Waals surface area (Å²) < 4.78 is 0. The quantitative estimate of drug-likeness (QED) is 0.575. The molecule has 162 valence electrons. The first-order valence-corrected chi connectivity index (χ1v) is 11.8. The van der Waals surface area contributed by atoms with Crippen molar-refractivity contribution in [3.63, 3.8) is 0 Å². The number of H-pyrrole nitrogens is 1. The molecule has 0 spiro atoms. The highest BCUT2D eigenvalue weighted by molar-refractivity contribution is 5.59. The van der Waals surface area contributed by atoms with Crippen LogP contribution in [-0.4, -0.2) is 25.9 Å². The number of aromatic nitrogens is 3. The third-order valence-electron chi connectivity index (χ3n) is 7.78. The molecule has 2 aliphatic rings. The first kappa shape index (κ1) is 20.4. The minimum absolute atomic E-state index is 0.0996. The average Bonchev–Trinajstić information content (AvgIpc) is 3.21. The van der Waals surface area contributed by atoms with Gasteiger partial charge < -0.3 is 5.11 Å². The molecule has 2 N–H and O–H groups in total. The molecule has 0 unspecified atom stereocenters. The molecule has 4 heteroatoms. The molecule has 3 atom stereocenters. The Morgan fingerprint density at radius 1 is 1.13 bits per heavy atom. The van der Waals surface area contributed by atoms with E-state index in [-0.39, 0.29) is 5.41 Å². The second-order valence-electron chi connectivity index (χ2n) is 9.85. The summed E-state index contributed by atoms with van der Waals surface area (Å²) in [5.41, 5.74) is 5.02. The summed E-state index contributed by atoms with van der Waals surface area (Å²) in [6.07, 6.45) is 8.09. The van der Waals surface area contributed by atoms with E-state index in [1.807, 2.05) is 6.92 Å². The van der Waals surface area contributed by atoms with Gasteiger partial charge in [-0.3, -0.25) is 5.10 Å². The summed E-state index contributed by atoms with van der Waals surface area (Å²) in [6.45, 7) is 4.13. The van der Waals surface area contributed by atoms with Gasteiger partial charge in [0.25, 0.3) is 0 Å². The average molecular weight is 416 g/mol. The van der Waals surface area contributed by atoms with Gasteiger partial charge in [-0.25, -0.2) is 4.98 Å². The molecule has 4 nitrogen and oxygen atoms in total. The van der Waals surface area contributed by atoms with E-state index in [1.54, 1.807) is 0 Å². The minimum atomic E-state index is -0.493. The third kappa shape index (κ3) is 3.71. The fourth-order valence-corrected chi connectivity index (χ4v) is 6.36. The lowest BCUT2D eigenvalue weighted by molar-refractivity contribution is -0.0565. The summed E-state index contributed by atoms with van der Waals surface area (Å²) in [4.78, 5) is 4.54. The normalized spacial score (nSPS) is 27.5. The first-order valence-electron chi connectivity index (χ1n) is 11.8. The van der Waals surface area contributed by atoms with Gasteiger partial charge in [0.2, 0.25) is 0 Å². The highest BCUT2D eigenvalue weighted by Gasteiger charge is 2.51. The molecule has 31 heavy (non-hydrogen) atoms. The number of aryl methyl sites for hydroxylation is 2. The Morgan fingerprint density at radius 2 is 1.97 bits per heavy atom. The van der Waals surface area contributed by atoms with E-state index >= 15 is 0 Å². The van der Waals surface area contributed by atoms with Crippen LogP contribution in [0.2, 0.25) is 0 Å². The molecule has 0 bridgehead atoms. The summed E-state index contributed by atoms with van der Waals surface area (Å²) in [5.74, 6) is 2.14. The molecule has 1 saturated carbocycles. The van der Waals surface area contributed by atoms with E-state index in [9.17, 15) is 5.11 Å². The zero-order chi connectivity index (χ0) is 21.5. The van der Waals surface area contributed by atoms with Gasteiger partial charge >= 0.3 is 0 Å². The van der Waals surface area contributed by atoms with Crippen molar-refractivity contribution >= 4 is 0 Å². The number of nitrogens with zero attached hydrogens (tertiary/aromatic N) is 2. The van der Waals surface area contributed by atoms with Crippen LogP contribution in [0.15, 0.2) is 48.5 Å². The predicted octanol–water partition coefficient (Wildman–Crippen LogP) is 5.54. The van der Waals surface area contributed by atoms with Crippen molar-refractivity contribution in [2.24, 2.45) is 5.92 Å². The van der Waals surface area contributed by atoms with E-state index in [4.69, 9.17) is 0 Å². The number of nitrogens with one attached hydrogen (secondary N) is 1. The smallest absolute Gasteiger partial charge is 0.181 e. The number of rotatable bonds is 5. The van der Waals surface area contributed by atoms with Crippen LogP contribution in [0.5, 0.6) is 0 Å². The fraction of sp³-hybridized carbons (Fsp3) is 0.481. The van der Waals surface area contributed by atoms with Crippen LogP contribution in [0.3, 0.4) is 0 Å². The van der Waals surface area contributed by atoms with Gasteiger partial charge in [-0.05, 0) is 80.5 Å². The van der Waals surface area contributed by atoms with Crippen molar-refractivity contribution < 1.29 is 5.11 Å². The lowest BCUT2D eigenvalue weighted by Crippen LogP contribution is -2.51. The molecule has 2 aliphatic carbocycles. The molecule has 1 fully saturated rings. The highest BCUT2D eigenvalue weighted by atomic mass is 16.3. The van der Waals surface area contributed by atoms with Gasteiger partial charge in [-0.15, -0.1) is 0 Å². The third-order valence-corrected chi connectivity index (χ3v) is 7.78. The minimum Gasteiger partial charge on any atom is -0.390 e. The summed E-state index contributed by atoms with van der Waals surface area (Å²) >= 11 is 0. The van der Waals surface area contributed by atoms with E-state index < -0.39 is 5.60 Å². The molecule has 0 saturated heterocycles. The lowest BCUT2D eigenvalue weighted by atomic mass is 9.52. The van der Waals surface area contributed by atoms with Gasteiger partial charge in [0.05, 0.1) is 5.60 Å². The Bertz CT molecular complexity index is 1060. The Morgan fingerprint density at radius 3 is 2.71 bits per heavy atom. The number of fused-ring (bicyclic) bond motifs is 3. The van der Waals surface area contributed by atoms with Gasteiger partial charge in [0.15, 0.2) is 5.82 Å². The maximum absolute atomic E-state index is 11.3. The van der Waals surface area contributed by atoms with Crippen LogP contribution in [0.25, 0.3) is 11.4 Å². The van der Waals surface area contributed by atoms with Gasteiger partial charge in [0.1, 0.15) is 5.82 Å². The topological polar surface area (TPSA) is 61.8 Å². The molecule has 1 heterocycles. The van der Waals surface area contributed by atoms with Crippen molar-refractivity contribution in [2.75, 3.05) is 0 Å². The zero-order valence-electron chi connectivity index (χ0n) is 18.7. The van der Waals surface area contributed by atoms with Crippen molar-refractivity contribution in [1.29, 1.82) is 0 Å². The molecule has 0 aliphatic heterocycles. The van der Waals surface area contributed by atoms with E-state index in [0.717, 1.165) is 68.6 Å². The molecule has 0 radical (unpaired) electrons. The number of aliphatic hydroxyl groups is 1. The molecule has 1 aromatic heterocycles. The standard InChI is InChI=1S/C27H33N3O/c1-3-13-26(31)14-15-27(17-20-7-5-4-6-8-20)23(18-26)11-9-21-16-22(10-12-24(21)27)25-28-19(2)29-30-25/h4-8,10,12,16,23,31H,3,9,11,13-15,17-18H2,1-2H3,(H,28,29,30)/t23-,26-,27+/m1/s1. The van der Waals surface area contributed by atoms with Gasteiger partial charge in [-0.1, -0.05) is 55.8 Å². The van der Waals surface area contributed by atoms with Crippen LogP contribution in [0.1, 0.15) is 68.0 Å². The van der Waals surface area contributed by atoms with Crippen LogP contribution < -0.4 is 0 Å². The summed E-state index contributed by atoms with van der Waals surface area (Å²) in [5, 5.41) is 18.7. The van der Waals surface area contributed by atoms with Crippen LogP contribution >= 0.6 is 0 Å². The zero-order valence-corrected chi connectivity index (χ0v) is 18.7. The SMILES string of the molecule is CCC[C@@]1(O)CC[C@@]2(Cc3ccccc3)c3ccc(-c4n[nH]c(C)n4)cc3CC[C@@H]2C1. The van der Waals surface area contributed by atoms with Crippen molar-refractivity contribution in [1.82, 2.24) is 15.2 Å². The van der Waals surface area contributed by atoms with E-state index in [0.29, 0.717) is 5.92 Å². The Hall–Kier alpha value is -2.46. The maximum atomic E-state index is 11.3. The number of benzene rings is 2. The first-order chi connectivity index (χ1) is 15.0. The predicted molar refractivity (Wildman–Crippen MR) is 124 cm³/mol. The van der Waals surface area contributed by atoms with Crippen LogP contribution in [-0.2, 0) is 18.3 Å². The van der Waals surface area contributed by atoms with Crippen molar-refractivity contribution in [3.05, 3.63) is 71.0 Å². The van der Waals surface area contributed by atoms with E-state index in [1.165, 1.54) is 16.7 Å². The Labute approximate surface area is 185 Å².